The van der Waals surface area contributed by atoms with E-state index in [2.05, 4.69) is 5.32 Å². The van der Waals surface area contributed by atoms with E-state index in [-0.39, 0.29) is 42.3 Å². The first-order valence-electron chi connectivity index (χ1n) is 6.60. The number of rotatable bonds is 5. The molecular formula is C12H20N2O4S. The lowest BCUT2D eigenvalue weighted by molar-refractivity contribution is -0.153. The van der Waals surface area contributed by atoms with Gasteiger partial charge in [-0.3, -0.25) is 9.59 Å². The van der Waals surface area contributed by atoms with Crippen LogP contribution in [0.15, 0.2) is 0 Å². The molecule has 1 N–H and O–H groups in total. The van der Waals surface area contributed by atoms with Gasteiger partial charge < -0.3 is 10.2 Å². The predicted octanol–water partition coefficient (Wildman–Crippen LogP) is -0.452. The van der Waals surface area contributed by atoms with E-state index >= 15 is 0 Å². The minimum absolute atomic E-state index is 0.0344. The predicted molar refractivity (Wildman–Crippen MR) is 70.2 cm³/mol. The molecule has 0 aromatic rings. The zero-order chi connectivity index (χ0) is 14.3. The first-order valence-corrected chi connectivity index (χ1v) is 8.42. The van der Waals surface area contributed by atoms with Crippen molar-refractivity contribution in [2.75, 3.05) is 24.6 Å². The van der Waals surface area contributed by atoms with Crippen molar-refractivity contribution in [2.45, 2.75) is 32.2 Å². The van der Waals surface area contributed by atoms with E-state index in [1.807, 2.05) is 0 Å². The lowest BCUT2D eigenvalue weighted by Crippen LogP contribution is -2.67. The average molecular weight is 288 g/mol. The summed E-state index contributed by atoms with van der Waals surface area (Å²) in [5.74, 6) is -0.225. The molecule has 0 aromatic heterocycles. The normalized spacial score (nSPS) is 28.4. The van der Waals surface area contributed by atoms with Gasteiger partial charge >= 0.3 is 0 Å². The van der Waals surface area contributed by atoms with Crippen LogP contribution in [0.4, 0.5) is 0 Å². The molecule has 0 bridgehead atoms. The van der Waals surface area contributed by atoms with Crippen LogP contribution in [0, 0.1) is 5.92 Å². The smallest absolute Gasteiger partial charge is 0.246 e. The molecule has 1 saturated carbocycles. The molecule has 1 atom stereocenters. The number of hydrogen-bond acceptors (Lipinski definition) is 4. The Morgan fingerprint density at radius 1 is 1.37 bits per heavy atom. The molecule has 2 amide bonds. The van der Waals surface area contributed by atoms with Gasteiger partial charge in [-0.2, -0.15) is 0 Å². The molecule has 0 radical (unpaired) electrons. The highest BCUT2D eigenvalue weighted by Gasteiger charge is 2.54. The second-order valence-electron chi connectivity index (χ2n) is 5.39. The number of amides is 2. The van der Waals surface area contributed by atoms with Crippen molar-refractivity contribution >= 4 is 21.7 Å². The fourth-order valence-electron chi connectivity index (χ4n) is 2.59. The molecule has 1 aliphatic heterocycles. The molecule has 2 aliphatic rings. The van der Waals surface area contributed by atoms with Crippen molar-refractivity contribution in [1.82, 2.24) is 10.2 Å². The van der Waals surface area contributed by atoms with Crippen LogP contribution in [0.5, 0.6) is 0 Å². The third-order valence-electron chi connectivity index (χ3n) is 4.16. The lowest BCUT2D eigenvalue weighted by Gasteiger charge is -2.43. The van der Waals surface area contributed by atoms with Crippen LogP contribution in [-0.2, 0) is 19.4 Å². The minimum Gasteiger partial charge on any atom is -0.345 e. The van der Waals surface area contributed by atoms with Gasteiger partial charge in [-0.15, -0.1) is 0 Å². The largest absolute Gasteiger partial charge is 0.345 e. The van der Waals surface area contributed by atoms with E-state index in [0.29, 0.717) is 0 Å². The Balaban J connectivity index is 2.18. The Morgan fingerprint density at radius 3 is 2.53 bits per heavy atom. The summed E-state index contributed by atoms with van der Waals surface area (Å²) >= 11 is 0. The highest BCUT2D eigenvalue weighted by Crippen LogP contribution is 2.44. The molecule has 1 unspecified atom stereocenters. The summed E-state index contributed by atoms with van der Waals surface area (Å²) in [6.45, 7) is 3.40. The maximum absolute atomic E-state index is 12.1. The zero-order valence-electron chi connectivity index (χ0n) is 11.3. The molecule has 108 valence electrons. The number of nitrogens with zero attached hydrogens (tertiary/aromatic N) is 1. The van der Waals surface area contributed by atoms with Gasteiger partial charge in [-0.1, -0.05) is 6.92 Å². The Morgan fingerprint density at radius 2 is 2.00 bits per heavy atom. The van der Waals surface area contributed by atoms with Crippen LogP contribution in [0.25, 0.3) is 0 Å². The third-order valence-corrected chi connectivity index (χ3v) is 5.84. The van der Waals surface area contributed by atoms with Gasteiger partial charge in [-0.05, 0) is 25.7 Å². The lowest BCUT2D eigenvalue weighted by atomic mass is 9.90. The zero-order valence-corrected chi connectivity index (χ0v) is 12.1. The Labute approximate surface area is 113 Å². The molecule has 0 spiro atoms. The van der Waals surface area contributed by atoms with Crippen molar-refractivity contribution in [2.24, 2.45) is 5.92 Å². The Hall–Kier alpha value is -1.11. The molecule has 7 heteroatoms. The van der Waals surface area contributed by atoms with E-state index in [1.54, 1.807) is 13.8 Å². The number of sulfone groups is 1. The van der Waals surface area contributed by atoms with Crippen molar-refractivity contribution in [3.63, 3.8) is 0 Å². The summed E-state index contributed by atoms with van der Waals surface area (Å²) in [5, 5.41) is 2.61. The molecule has 19 heavy (non-hydrogen) atoms. The monoisotopic (exact) mass is 288 g/mol. The minimum atomic E-state index is -3.14. The Kier molecular flexibility index (Phi) is 3.59. The number of carbonyl (C=O) groups is 2. The molecule has 6 nitrogen and oxygen atoms in total. The average Bonchev–Trinajstić information content (AvgIpc) is 3.18. The summed E-state index contributed by atoms with van der Waals surface area (Å²) in [7, 11) is -3.14. The molecule has 2 rings (SSSR count). The van der Waals surface area contributed by atoms with Gasteiger partial charge in [0.15, 0.2) is 9.84 Å². The van der Waals surface area contributed by atoms with Crippen molar-refractivity contribution < 1.29 is 18.0 Å². The standard InChI is InChI=1S/C12H20N2O4S/c1-3-19(17,18)7-6-14-10(15)8-13-11(16)12(14,2)9-4-5-9/h9H,3-8H2,1-2H3,(H,13,16). The van der Waals surface area contributed by atoms with Crippen LogP contribution in [0.3, 0.4) is 0 Å². The summed E-state index contributed by atoms with van der Waals surface area (Å²) in [5.41, 5.74) is -0.876. The summed E-state index contributed by atoms with van der Waals surface area (Å²) in [6, 6.07) is 0. The second kappa shape index (κ2) is 4.77. The highest BCUT2D eigenvalue weighted by molar-refractivity contribution is 7.91. The summed E-state index contributed by atoms with van der Waals surface area (Å²) < 4.78 is 23.2. The van der Waals surface area contributed by atoms with Gasteiger partial charge in [0.05, 0.1) is 12.3 Å². The maximum Gasteiger partial charge on any atom is 0.246 e. The number of carbonyl (C=O) groups excluding carboxylic acids is 2. The van der Waals surface area contributed by atoms with Crippen LogP contribution in [0.2, 0.25) is 0 Å². The molecule has 2 fully saturated rings. The van der Waals surface area contributed by atoms with Gasteiger partial charge in [0.25, 0.3) is 0 Å². The highest BCUT2D eigenvalue weighted by atomic mass is 32.2. The van der Waals surface area contributed by atoms with E-state index < -0.39 is 15.4 Å². The van der Waals surface area contributed by atoms with Gasteiger partial charge in [0.2, 0.25) is 11.8 Å². The van der Waals surface area contributed by atoms with Crippen LogP contribution < -0.4 is 5.32 Å². The van der Waals surface area contributed by atoms with E-state index in [4.69, 9.17) is 0 Å². The van der Waals surface area contributed by atoms with Gasteiger partial charge in [0.1, 0.15) is 5.54 Å². The van der Waals surface area contributed by atoms with Crippen LogP contribution >= 0.6 is 0 Å². The van der Waals surface area contributed by atoms with Crippen molar-refractivity contribution in [3.8, 4) is 0 Å². The number of piperazine rings is 1. The maximum atomic E-state index is 12.1. The summed E-state index contributed by atoms with van der Waals surface area (Å²) in [6.07, 6.45) is 1.82. The van der Waals surface area contributed by atoms with E-state index in [9.17, 15) is 18.0 Å². The second-order valence-corrected chi connectivity index (χ2v) is 7.86. The van der Waals surface area contributed by atoms with E-state index in [0.717, 1.165) is 12.8 Å². The van der Waals surface area contributed by atoms with Crippen LogP contribution in [0.1, 0.15) is 26.7 Å². The molecule has 1 saturated heterocycles. The van der Waals surface area contributed by atoms with Crippen LogP contribution in [-0.4, -0.2) is 55.3 Å². The number of nitrogens with one attached hydrogen (secondary N) is 1. The Bertz CT molecular complexity index is 498. The topological polar surface area (TPSA) is 83.6 Å². The third kappa shape index (κ3) is 2.61. The first kappa shape index (κ1) is 14.3. The number of hydrogen-bond donors (Lipinski definition) is 1. The van der Waals surface area contributed by atoms with E-state index in [1.165, 1.54) is 4.90 Å². The fraction of sp³-hybridized carbons (Fsp3) is 0.833. The van der Waals surface area contributed by atoms with Crippen molar-refractivity contribution in [3.05, 3.63) is 0 Å². The summed E-state index contributed by atoms with van der Waals surface area (Å²) in [4.78, 5) is 25.6. The molecule has 1 aliphatic carbocycles. The fourth-order valence-corrected chi connectivity index (χ4v) is 3.34. The quantitative estimate of drug-likeness (QED) is 0.742. The first-order chi connectivity index (χ1) is 8.81. The SMILES string of the molecule is CCS(=O)(=O)CCN1C(=O)CNC(=O)C1(C)C1CC1. The molecule has 1 heterocycles. The van der Waals surface area contributed by atoms with Crippen molar-refractivity contribution in [1.29, 1.82) is 0 Å². The van der Waals surface area contributed by atoms with Gasteiger partial charge in [-0.25, -0.2) is 8.42 Å². The van der Waals surface area contributed by atoms with Gasteiger partial charge in [0, 0.05) is 12.3 Å². The molecule has 0 aromatic carbocycles. The molecular weight excluding hydrogens is 268 g/mol.